The summed E-state index contributed by atoms with van der Waals surface area (Å²) in [4.78, 5) is 0. The van der Waals surface area contributed by atoms with Gasteiger partial charge in [-0.1, -0.05) is 31.9 Å². The molecule has 0 aromatic rings. The maximum absolute atomic E-state index is 10.6. The predicted octanol–water partition coefficient (Wildman–Crippen LogP) is 5.87. The van der Waals surface area contributed by atoms with E-state index in [1.165, 1.54) is 51.4 Å². The first-order chi connectivity index (χ1) is 12.7. The summed E-state index contributed by atoms with van der Waals surface area (Å²) < 4.78 is 0. The normalized spacial score (nSPS) is 50.4. The Kier molecular flexibility index (Phi) is 5.08. The van der Waals surface area contributed by atoms with Crippen LogP contribution in [-0.2, 0) is 0 Å². The highest BCUT2D eigenvalue weighted by molar-refractivity contribution is 5.26. The van der Waals surface area contributed by atoms with Gasteiger partial charge in [-0.05, 0) is 113 Å². The van der Waals surface area contributed by atoms with Crippen molar-refractivity contribution >= 4 is 0 Å². The second-order valence-electron chi connectivity index (χ2n) is 11.5. The van der Waals surface area contributed by atoms with Crippen molar-refractivity contribution in [2.75, 3.05) is 0 Å². The molecule has 8 atom stereocenters. The maximum Gasteiger partial charge on any atom is 0.0657 e. The van der Waals surface area contributed by atoms with Crippen molar-refractivity contribution in [3.8, 4) is 0 Å². The molecule has 2 heteroatoms. The molecule has 0 aliphatic heterocycles. The Hall–Kier alpha value is -0.340. The lowest BCUT2D eigenvalue weighted by molar-refractivity contribution is -0.0662. The molecule has 4 aliphatic rings. The van der Waals surface area contributed by atoms with E-state index < -0.39 is 5.60 Å². The minimum Gasteiger partial charge on any atom is -0.393 e. The van der Waals surface area contributed by atoms with Crippen LogP contribution in [0.4, 0.5) is 0 Å². The van der Waals surface area contributed by atoms with Crippen molar-refractivity contribution in [1.82, 2.24) is 0 Å². The number of aliphatic hydroxyl groups is 2. The van der Waals surface area contributed by atoms with Crippen LogP contribution in [0.1, 0.15) is 98.3 Å². The summed E-state index contributed by atoms with van der Waals surface area (Å²) in [6.07, 6.45) is 15.8. The minimum absolute atomic E-state index is 0.142. The van der Waals surface area contributed by atoms with Crippen molar-refractivity contribution in [2.24, 2.45) is 34.5 Å². The molecular formula is C25H42O2. The van der Waals surface area contributed by atoms with E-state index in [9.17, 15) is 10.2 Å². The van der Waals surface area contributed by atoms with Crippen LogP contribution >= 0.6 is 0 Å². The fourth-order valence-corrected chi connectivity index (χ4v) is 8.05. The van der Waals surface area contributed by atoms with E-state index in [0.29, 0.717) is 10.8 Å². The van der Waals surface area contributed by atoms with Gasteiger partial charge in [0.1, 0.15) is 0 Å². The molecule has 0 aromatic heterocycles. The molecule has 0 saturated heterocycles. The topological polar surface area (TPSA) is 40.5 Å². The summed E-state index contributed by atoms with van der Waals surface area (Å²) in [5.74, 6) is 3.46. The first-order valence-corrected chi connectivity index (χ1v) is 11.8. The van der Waals surface area contributed by atoms with Crippen LogP contribution in [0.2, 0.25) is 0 Å². The zero-order chi connectivity index (χ0) is 19.4. The van der Waals surface area contributed by atoms with Gasteiger partial charge in [0.2, 0.25) is 0 Å². The zero-order valence-corrected chi connectivity index (χ0v) is 18.1. The first-order valence-electron chi connectivity index (χ1n) is 11.8. The van der Waals surface area contributed by atoms with Gasteiger partial charge in [-0.25, -0.2) is 0 Å². The van der Waals surface area contributed by atoms with Crippen molar-refractivity contribution < 1.29 is 10.2 Å². The molecule has 4 aliphatic carbocycles. The SMILES string of the molecule is CC(O)CCC[C@H]1CC[C@H]2[C@@H]3CC=C4C[C@@](C)(O)CC[C@]4(C)[C@H]3CC[C@]12C. The van der Waals surface area contributed by atoms with Crippen LogP contribution in [0, 0.1) is 34.5 Å². The van der Waals surface area contributed by atoms with Crippen molar-refractivity contribution in [1.29, 1.82) is 0 Å². The summed E-state index contributed by atoms with van der Waals surface area (Å²) in [6, 6.07) is 0. The van der Waals surface area contributed by atoms with Crippen LogP contribution in [0.5, 0.6) is 0 Å². The fraction of sp³-hybridized carbons (Fsp3) is 0.920. The van der Waals surface area contributed by atoms with Gasteiger partial charge in [0.05, 0.1) is 11.7 Å². The number of hydrogen-bond acceptors (Lipinski definition) is 2. The van der Waals surface area contributed by atoms with Crippen LogP contribution in [-0.4, -0.2) is 21.9 Å². The molecule has 0 aromatic carbocycles. The predicted molar refractivity (Wildman–Crippen MR) is 111 cm³/mol. The second kappa shape index (κ2) is 6.87. The summed E-state index contributed by atoms with van der Waals surface area (Å²) in [5, 5.41) is 20.2. The van der Waals surface area contributed by atoms with Crippen LogP contribution in [0.25, 0.3) is 0 Å². The molecule has 0 bridgehead atoms. The Morgan fingerprint density at radius 3 is 2.59 bits per heavy atom. The Balaban J connectivity index is 1.51. The van der Waals surface area contributed by atoms with Crippen LogP contribution in [0.15, 0.2) is 11.6 Å². The van der Waals surface area contributed by atoms with E-state index in [1.807, 2.05) is 13.8 Å². The van der Waals surface area contributed by atoms with Crippen molar-refractivity contribution in [2.45, 2.75) is 110 Å². The summed E-state index contributed by atoms with van der Waals surface area (Å²) in [5.41, 5.74) is 1.97. The highest BCUT2D eigenvalue weighted by Crippen LogP contribution is 2.67. The van der Waals surface area contributed by atoms with Gasteiger partial charge in [0.25, 0.3) is 0 Å². The third-order valence-corrected chi connectivity index (χ3v) is 9.75. The van der Waals surface area contributed by atoms with E-state index in [2.05, 4.69) is 19.9 Å². The Morgan fingerprint density at radius 2 is 1.85 bits per heavy atom. The highest BCUT2D eigenvalue weighted by atomic mass is 16.3. The quantitative estimate of drug-likeness (QED) is 0.604. The molecule has 0 heterocycles. The molecule has 2 nitrogen and oxygen atoms in total. The van der Waals surface area contributed by atoms with Gasteiger partial charge in [-0.15, -0.1) is 0 Å². The third-order valence-electron chi connectivity index (χ3n) is 9.75. The molecule has 3 fully saturated rings. The van der Waals surface area contributed by atoms with Crippen molar-refractivity contribution in [3.05, 3.63) is 11.6 Å². The molecule has 1 unspecified atom stereocenters. The Labute approximate surface area is 166 Å². The molecule has 154 valence electrons. The van der Waals surface area contributed by atoms with Crippen molar-refractivity contribution in [3.63, 3.8) is 0 Å². The first kappa shape index (κ1) is 20.0. The lowest BCUT2D eigenvalue weighted by Crippen LogP contribution is -2.51. The number of hydrogen-bond donors (Lipinski definition) is 2. The molecule has 0 amide bonds. The van der Waals surface area contributed by atoms with E-state index in [1.54, 1.807) is 5.57 Å². The largest absolute Gasteiger partial charge is 0.393 e. The van der Waals surface area contributed by atoms with Gasteiger partial charge < -0.3 is 10.2 Å². The van der Waals surface area contributed by atoms with Gasteiger partial charge in [0.15, 0.2) is 0 Å². The number of aliphatic hydroxyl groups excluding tert-OH is 1. The lowest BCUT2D eigenvalue weighted by Gasteiger charge is -2.59. The standard InChI is InChI=1S/C25H42O2/c1-17(26)6-5-7-18-9-11-21-20-10-8-19-16-23(2,27)14-15-25(19,4)22(20)12-13-24(18,21)3/h8,17-18,20-22,26-27H,5-7,9-16H2,1-4H3/t17?,18-,20-,21-,22-,23-,24+,25-/m0/s1. The highest BCUT2D eigenvalue weighted by Gasteiger charge is 2.58. The third kappa shape index (κ3) is 3.33. The average Bonchev–Trinajstić information content (AvgIpc) is 2.92. The number of fused-ring (bicyclic) bond motifs is 5. The Morgan fingerprint density at radius 1 is 1.07 bits per heavy atom. The summed E-state index contributed by atoms with van der Waals surface area (Å²) in [6.45, 7) is 9.11. The second-order valence-corrected chi connectivity index (χ2v) is 11.5. The minimum atomic E-state index is -0.482. The molecule has 0 spiro atoms. The number of rotatable bonds is 4. The molecule has 4 rings (SSSR count). The van der Waals surface area contributed by atoms with Gasteiger partial charge in [-0.2, -0.15) is 0 Å². The van der Waals surface area contributed by atoms with E-state index in [-0.39, 0.29) is 6.10 Å². The fourth-order valence-electron chi connectivity index (χ4n) is 8.05. The smallest absolute Gasteiger partial charge is 0.0657 e. The monoisotopic (exact) mass is 374 g/mol. The van der Waals surface area contributed by atoms with E-state index >= 15 is 0 Å². The summed E-state index contributed by atoms with van der Waals surface area (Å²) in [7, 11) is 0. The summed E-state index contributed by atoms with van der Waals surface area (Å²) >= 11 is 0. The molecule has 27 heavy (non-hydrogen) atoms. The van der Waals surface area contributed by atoms with E-state index in [4.69, 9.17) is 0 Å². The lowest BCUT2D eigenvalue weighted by atomic mass is 9.46. The van der Waals surface area contributed by atoms with Gasteiger partial charge in [-0.3, -0.25) is 0 Å². The molecular weight excluding hydrogens is 332 g/mol. The van der Waals surface area contributed by atoms with Gasteiger partial charge >= 0.3 is 0 Å². The van der Waals surface area contributed by atoms with Gasteiger partial charge in [0, 0.05) is 0 Å². The average molecular weight is 375 g/mol. The Bertz CT molecular complexity index is 591. The molecule has 0 radical (unpaired) electrons. The van der Waals surface area contributed by atoms with Crippen LogP contribution < -0.4 is 0 Å². The maximum atomic E-state index is 10.6. The molecule has 2 N–H and O–H groups in total. The zero-order valence-electron chi connectivity index (χ0n) is 18.1. The molecule has 3 saturated carbocycles. The van der Waals surface area contributed by atoms with E-state index in [0.717, 1.165) is 42.9 Å². The number of allylic oxidation sites excluding steroid dienone is 1. The van der Waals surface area contributed by atoms with Crippen LogP contribution in [0.3, 0.4) is 0 Å².